The highest BCUT2D eigenvalue weighted by atomic mass is 15.3. The first-order chi connectivity index (χ1) is 18.8. The number of piperidine rings is 2. The van der Waals surface area contributed by atoms with Crippen molar-refractivity contribution in [3.8, 4) is 0 Å². The van der Waals surface area contributed by atoms with Crippen LogP contribution in [-0.4, -0.2) is 79.3 Å². The van der Waals surface area contributed by atoms with E-state index in [9.17, 15) is 0 Å². The summed E-state index contributed by atoms with van der Waals surface area (Å²) in [5.74, 6) is 2.22. The predicted octanol–water partition coefficient (Wildman–Crippen LogP) is 6.55. The van der Waals surface area contributed by atoms with Crippen LogP contribution < -0.4 is 20.9 Å². The van der Waals surface area contributed by atoms with Crippen molar-refractivity contribution in [2.75, 3.05) is 23.8 Å². The van der Waals surface area contributed by atoms with Crippen molar-refractivity contribution in [3.05, 3.63) is 5.82 Å². The van der Waals surface area contributed by atoms with Crippen LogP contribution in [0.3, 0.4) is 0 Å². The van der Waals surface area contributed by atoms with Gasteiger partial charge in [-0.25, -0.2) is 0 Å². The summed E-state index contributed by atoms with van der Waals surface area (Å²) >= 11 is 0. The first kappa shape index (κ1) is 35.0. The van der Waals surface area contributed by atoms with Crippen molar-refractivity contribution >= 4 is 11.9 Å². The lowest BCUT2D eigenvalue weighted by Gasteiger charge is -2.52. The molecule has 2 fully saturated rings. The van der Waals surface area contributed by atoms with E-state index in [1.165, 1.54) is 0 Å². The first-order valence-corrected chi connectivity index (χ1v) is 16.3. The fourth-order valence-corrected chi connectivity index (χ4v) is 8.54. The van der Waals surface area contributed by atoms with Crippen LogP contribution in [0.2, 0.25) is 0 Å². The summed E-state index contributed by atoms with van der Waals surface area (Å²) in [7, 11) is 2.32. The lowest BCUT2D eigenvalue weighted by Crippen LogP contribution is -2.64. The molecule has 242 valence electrons. The Kier molecular flexibility index (Phi) is 9.80. The molecule has 1 aromatic heterocycles. The molecule has 3 N–H and O–H groups in total. The van der Waals surface area contributed by atoms with Crippen molar-refractivity contribution in [1.82, 2.24) is 30.5 Å². The van der Waals surface area contributed by atoms with E-state index in [0.29, 0.717) is 24.1 Å². The van der Waals surface area contributed by atoms with Crippen LogP contribution in [0.5, 0.6) is 0 Å². The van der Waals surface area contributed by atoms with Gasteiger partial charge in [-0.1, -0.05) is 20.8 Å². The van der Waals surface area contributed by atoms with Crippen LogP contribution in [0, 0.1) is 12.3 Å². The average Bonchev–Trinajstić information content (AvgIpc) is 2.69. The van der Waals surface area contributed by atoms with Gasteiger partial charge in [-0.15, -0.1) is 0 Å². The Morgan fingerprint density at radius 3 is 1.69 bits per heavy atom. The molecule has 0 amide bonds. The quantitative estimate of drug-likeness (QED) is 0.301. The molecule has 8 heteroatoms. The SMILES string of the molecule is Cc1nc(NC(C)(C)CC(C)(C)C)nc(N(CC(C)N(C)C2CC(C)(C)NC(C)(C)C2)C2CC(C)(C)NC(C)(C)C2)n1. The highest BCUT2D eigenvalue weighted by Gasteiger charge is 2.43. The predicted molar refractivity (Wildman–Crippen MR) is 180 cm³/mol. The summed E-state index contributed by atoms with van der Waals surface area (Å²) in [6, 6.07) is 1.14. The van der Waals surface area contributed by atoms with E-state index < -0.39 is 0 Å². The largest absolute Gasteiger partial charge is 0.349 e. The van der Waals surface area contributed by atoms with E-state index in [1.807, 2.05) is 6.92 Å². The summed E-state index contributed by atoms with van der Waals surface area (Å²) in [5.41, 5.74) is 0.290. The van der Waals surface area contributed by atoms with Gasteiger partial charge >= 0.3 is 0 Å². The third kappa shape index (κ3) is 10.0. The molecular formula is C34H66N8. The van der Waals surface area contributed by atoms with E-state index in [4.69, 9.17) is 15.0 Å². The van der Waals surface area contributed by atoms with Crippen LogP contribution in [0.15, 0.2) is 0 Å². The standard InChI is InChI=1S/C34H66N8/c1-23(41(16)25-17-30(6,7)39-31(8,9)18-25)21-42(26-19-32(10,11)40-33(12,13)20-26)28-36-24(2)35-27(37-28)38-34(14,15)22-29(3,4)5/h23,25-26,39-40H,17-22H2,1-16H3,(H,35,36,37,38). The van der Waals surface area contributed by atoms with Gasteiger partial charge in [0.05, 0.1) is 0 Å². The van der Waals surface area contributed by atoms with Crippen LogP contribution in [0.1, 0.15) is 135 Å². The van der Waals surface area contributed by atoms with Crippen molar-refractivity contribution in [2.24, 2.45) is 5.41 Å². The Morgan fingerprint density at radius 1 is 0.786 bits per heavy atom. The second kappa shape index (κ2) is 11.8. The number of aryl methyl sites for hydroxylation is 1. The van der Waals surface area contributed by atoms with Crippen molar-refractivity contribution in [1.29, 1.82) is 0 Å². The van der Waals surface area contributed by atoms with E-state index in [-0.39, 0.29) is 33.1 Å². The smallest absolute Gasteiger partial charge is 0.230 e. The van der Waals surface area contributed by atoms with Gasteiger partial charge in [0, 0.05) is 52.4 Å². The molecule has 0 saturated carbocycles. The molecule has 0 spiro atoms. The third-order valence-corrected chi connectivity index (χ3v) is 8.92. The Labute approximate surface area is 259 Å². The highest BCUT2D eigenvalue weighted by molar-refractivity contribution is 5.40. The van der Waals surface area contributed by atoms with E-state index in [2.05, 4.69) is 130 Å². The second-order valence-corrected chi connectivity index (χ2v) is 18.3. The van der Waals surface area contributed by atoms with Crippen LogP contribution in [0.25, 0.3) is 0 Å². The highest BCUT2D eigenvalue weighted by Crippen LogP contribution is 2.36. The summed E-state index contributed by atoms with van der Waals surface area (Å²) < 4.78 is 0. The number of nitrogens with zero attached hydrogens (tertiary/aromatic N) is 5. The van der Waals surface area contributed by atoms with Gasteiger partial charge in [0.15, 0.2) is 0 Å². The summed E-state index contributed by atoms with van der Waals surface area (Å²) in [6.45, 7) is 35.3. The fraction of sp³-hybridized carbons (Fsp3) is 0.912. The maximum atomic E-state index is 5.13. The summed E-state index contributed by atoms with van der Waals surface area (Å²) in [5, 5.41) is 11.4. The Hall–Kier alpha value is -1.51. The molecule has 0 bridgehead atoms. The molecule has 0 radical (unpaired) electrons. The van der Waals surface area contributed by atoms with Gasteiger partial charge in [0.1, 0.15) is 5.82 Å². The maximum Gasteiger partial charge on any atom is 0.230 e. The summed E-state index contributed by atoms with van der Waals surface area (Å²) in [4.78, 5) is 20.0. The minimum Gasteiger partial charge on any atom is -0.349 e. The molecule has 0 aliphatic carbocycles. The monoisotopic (exact) mass is 587 g/mol. The minimum atomic E-state index is -0.144. The molecule has 1 unspecified atom stereocenters. The molecule has 1 atom stereocenters. The topological polar surface area (TPSA) is 81.2 Å². The lowest BCUT2D eigenvalue weighted by atomic mass is 9.78. The van der Waals surface area contributed by atoms with E-state index >= 15 is 0 Å². The minimum absolute atomic E-state index is 0.0146. The molecule has 3 heterocycles. The third-order valence-electron chi connectivity index (χ3n) is 8.92. The molecule has 8 nitrogen and oxygen atoms in total. The van der Waals surface area contributed by atoms with Gasteiger partial charge in [-0.05, 0) is 128 Å². The Morgan fingerprint density at radius 2 is 1.24 bits per heavy atom. The maximum absolute atomic E-state index is 5.13. The molecule has 2 saturated heterocycles. The molecule has 2 aliphatic rings. The lowest BCUT2D eigenvalue weighted by molar-refractivity contribution is 0.0608. The van der Waals surface area contributed by atoms with E-state index in [0.717, 1.165) is 50.4 Å². The number of aromatic nitrogens is 3. The molecular weight excluding hydrogens is 520 g/mol. The van der Waals surface area contributed by atoms with Gasteiger partial charge in [-0.2, -0.15) is 15.0 Å². The molecule has 3 rings (SSSR count). The van der Waals surface area contributed by atoms with Gasteiger partial charge in [0.2, 0.25) is 11.9 Å². The van der Waals surface area contributed by atoms with Crippen LogP contribution in [0.4, 0.5) is 11.9 Å². The zero-order chi connectivity index (χ0) is 32.1. The number of hydrogen-bond donors (Lipinski definition) is 3. The normalized spacial score (nSPS) is 23.5. The zero-order valence-electron chi connectivity index (χ0n) is 30.2. The van der Waals surface area contributed by atoms with E-state index in [1.54, 1.807) is 0 Å². The van der Waals surface area contributed by atoms with Gasteiger partial charge in [-0.3, -0.25) is 4.90 Å². The summed E-state index contributed by atoms with van der Waals surface area (Å²) in [6.07, 6.45) is 5.33. The number of nitrogens with one attached hydrogen (secondary N) is 3. The van der Waals surface area contributed by atoms with Gasteiger partial charge < -0.3 is 20.9 Å². The molecule has 42 heavy (non-hydrogen) atoms. The van der Waals surface area contributed by atoms with Crippen LogP contribution in [-0.2, 0) is 0 Å². The van der Waals surface area contributed by atoms with Gasteiger partial charge in [0.25, 0.3) is 0 Å². The number of likely N-dealkylation sites (N-methyl/N-ethyl adjacent to an activating group) is 1. The molecule has 2 aliphatic heterocycles. The van der Waals surface area contributed by atoms with Crippen molar-refractivity contribution < 1.29 is 0 Å². The number of hydrogen-bond acceptors (Lipinski definition) is 8. The Bertz CT molecular complexity index is 1040. The number of rotatable bonds is 9. The molecule has 1 aromatic rings. The Balaban J connectivity index is 1.97. The molecule has 0 aromatic carbocycles. The van der Waals surface area contributed by atoms with Crippen LogP contribution >= 0.6 is 0 Å². The average molecular weight is 587 g/mol. The number of anilines is 2. The fourth-order valence-electron chi connectivity index (χ4n) is 8.54. The van der Waals surface area contributed by atoms with Crippen molar-refractivity contribution in [2.45, 2.75) is 182 Å². The van der Waals surface area contributed by atoms with Crippen molar-refractivity contribution in [3.63, 3.8) is 0 Å². The first-order valence-electron chi connectivity index (χ1n) is 16.3. The zero-order valence-corrected chi connectivity index (χ0v) is 30.2. The second-order valence-electron chi connectivity index (χ2n) is 18.3.